The highest BCUT2D eigenvalue weighted by molar-refractivity contribution is 7.91. The topological polar surface area (TPSA) is 71.4 Å². The van der Waals surface area contributed by atoms with Crippen molar-refractivity contribution in [3.05, 3.63) is 27.7 Å². The smallest absolute Gasteiger partial charge is 0.337 e. The van der Waals surface area contributed by atoms with Crippen LogP contribution in [0.1, 0.15) is 23.7 Å². The molecular weight excluding hydrogens is 311 g/mol. The maximum Gasteiger partial charge on any atom is 0.337 e. The van der Waals surface area contributed by atoms with Crippen LogP contribution in [0, 0.1) is 11.8 Å². The zero-order valence-electron chi connectivity index (χ0n) is 9.91. The van der Waals surface area contributed by atoms with E-state index in [1.54, 1.807) is 6.92 Å². The van der Waals surface area contributed by atoms with Crippen LogP contribution in [0.25, 0.3) is 0 Å². The number of rotatable bonds is 4. The van der Waals surface area contributed by atoms with E-state index >= 15 is 0 Å². The molecule has 4 nitrogen and oxygen atoms in total. The molecule has 1 rings (SSSR count). The lowest BCUT2D eigenvalue weighted by Gasteiger charge is -2.08. The first kappa shape index (κ1) is 15.8. The van der Waals surface area contributed by atoms with Crippen molar-refractivity contribution >= 4 is 39.0 Å². The van der Waals surface area contributed by atoms with Crippen molar-refractivity contribution in [2.75, 3.05) is 5.75 Å². The lowest BCUT2D eigenvalue weighted by molar-refractivity contribution is 0.0697. The molecule has 0 bridgehead atoms. The molecule has 1 aromatic rings. The predicted octanol–water partition coefficient (Wildman–Crippen LogP) is 2.88. The third kappa shape index (κ3) is 3.87. The molecule has 1 aromatic carbocycles. The first-order valence-electron chi connectivity index (χ1n) is 5.14. The summed E-state index contributed by atoms with van der Waals surface area (Å²) in [6.45, 7) is 1.60. The molecule has 1 N–H and O–H groups in total. The molecule has 0 radical (unpaired) electrons. The summed E-state index contributed by atoms with van der Waals surface area (Å²) < 4.78 is 24.1. The Labute approximate surface area is 121 Å². The third-order valence-corrected chi connectivity index (χ3v) is 4.71. The van der Waals surface area contributed by atoms with Crippen LogP contribution in [-0.2, 0) is 9.84 Å². The minimum atomic E-state index is -3.72. The SMILES string of the molecule is CC#CCCS(=O)(=O)c1cc(Cl)cc(C(=O)O)c1Cl. The van der Waals surface area contributed by atoms with Gasteiger partial charge in [-0.05, 0) is 19.1 Å². The van der Waals surface area contributed by atoms with Crippen molar-refractivity contribution in [3.63, 3.8) is 0 Å². The quantitative estimate of drug-likeness (QED) is 0.866. The van der Waals surface area contributed by atoms with Gasteiger partial charge in [0.1, 0.15) is 0 Å². The second kappa shape index (κ2) is 6.29. The Bertz CT molecular complexity index is 669. The number of halogens is 2. The Kier molecular flexibility index (Phi) is 5.24. The largest absolute Gasteiger partial charge is 0.478 e. The predicted molar refractivity (Wildman–Crippen MR) is 73.5 cm³/mol. The molecular formula is C12H10Cl2O4S. The average Bonchev–Trinajstić information content (AvgIpc) is 2.31. The summed E-state index contributed by atoms with van der Waals surface area (Å²) in [5.74, 6) is 3.62. The zero-order valence-corrected chi connectivity index (χ0v) is 12.2. The Hall–Kier alpha value is -1.22. The van der Waals surface area contributed by atoms with Gasteiger partial charge in [-0.3, -0.25) is 0 Å². The molecule has 102 valence electrons. The number of carboxylic acids is 1. The van der Waals surface area contributed by atoms with Crippen LogP contribution >= 0.6 is 23.2 Å². The molecule has 0 heterocycles. The van der Waals surface area contributed by atoms with Gasteiger partial charge in [-0.15, -0.1) is 11.8 Å². The Balaban J connectivity index is 3.33. The van der Waals surface area contributed by atoms with Gasteiger partial charge < -0.3 is 5.11 Å². The van der Waals surface area contributed by atoms with Crippen molar-refractivity contribution in [2.24, 2.45) is 0 Å². The number of hydrogen-bond acceptors (Lipinski definition) is 3. The first-order chi connectivity index (χ1) is 8.79. The van der Waals surface area contributed by atoms with Crippen molar-refractivity contribution in [3.8, 4) is 11.8 Å². The second-order valence-corrected chi connectivity index (χ2v) is 6.46. The fraction of sp³-hybridized carbons (Fsp3) is 0.250. The second-order valence-electron chi connectivity index (χ2n) is 3.57. The molecule has 19 heavy (non-hydrogen) atoms. The van der Waals surface area contributed by atoms with Crippen LogP contribution in [0.4, 0.5) is 0 Å². The van der Waals surface area contributed by atoms with E-state index in [1.165, 1.54) is 0 Å². The van der Waals surface area contributed by atoms with Gasteiger partial charge in [0.15, 0.2) is 9.84 Å². The van der Waals surface area contributed by atoms with Crippen LogP contribution in [-0.4, -0.2) is 25.2 Å². The van der Waals surface area contributed by atoms with Gasteiger partial charge in [-0.25, -0.2) is 13.2 Å². The molecule has 0 fully saturated rings. The molecule has 0 amide bonds. The van der Waals surface area contributed by atoms with Crippen molar-refractivity contribution in [1.29, 1.82) is 0 Å². The minimum Gasteiger partial charge on any atom is -0.478 e. The maximum absolute atomic E-state index is 12.1. The van der Waals surface area contributed by atoms with E-state index in [4.69, 9.17) is 28.3 Å². The molecule has 0 aromatic heterocycles. The summed E-state index contributed by atoms with van der Waals surface area (Å²) in [4.78, 5) is 10.7. The Morgan fingerprint density at radius 3 is 2.53 bits per heavy atom. The Morgan fingerprint density at radius 2 is 2.00 bits per heavy atom. The highest BCUT2D eigenvalue weighted by atomic mass is 35.5. The maximum atomic E-state index is 12.1. The summed E-state index contributed by atoms with van der Waals surface area (Å²) in [6, 6.07) is 2.25. The summed E-state index contributed by atoms with van der Waals surface area (Å²) in [5.41, 5.74) is -0.339. The van der Waals surface area contributed by atoms with Gasteiger partial charge in [-0.2, -0.15) is 0 Å². The number of carbonyl (C=O) groups is 1. The van der Waals surface area contributed by atoms with Gasteiger partial charge in [0.05, 0.1) is 21.2 Å². The van der Waals surface area contributed by atoms with Crippen molar-refractivity contribution in [1.82, 2.24) is 0 Å². The van der Waals surface area contributed by atoms with Crippen LogP contribution in [0.15, 0.2) is 17.0 Å². The molecule has 7 heteroatoms. The van der Waals surface area contributed by atoms with Crippen molar-refractivity contribution < 1.29 is 18.3 Å². The van der Waals surface area contributed by atoms with Crippen molar-refractivity contribution in [2.45, 2.75) is 18.2 Å². The number of carboxylic acid groups (broad SMARTS) is 1. The summed E-state index contributed by atoms with van der Waals surface area (Å²) in [5, 5.41) is 8.60. The molecule has 0 saturated heterocycles. The van der Waals surface area contributed by atoms with Gasteiger partial charge in [0.2, 0.25) is 0 Å². The Morgan fingerprint density at radius 1 is 1.37 bits per heavy atom. The van der Waals surface area contributed by atoms with E-state index < -0.39 is 15.8 Å². The lowest BCUT2D eigenvalue weighted by atomic mass is 10.2. The number of benzene rings is 1. The fourth-order valence-corrected chi connectivity index (χ4v) is 3.47. The first-order valence-corrected chi connectivity index (χ1v) is 7.55. The lowest BCUT2D eigenvalue weighted by Crippen LogP contribution is -2.09. The number of hydrogen-bond donors (Lipinski definition) is 1. The number of aromatic carboxylic acids is 1. The van der Waals surface area contributed by atoms with E-state index in [9.17, 15) is 13.2 Å². The van der Waals surface area contributed by atoms with Crippen LogP contribution in [0.5, 0.6) is 0 Å². The molecule has 0 atom stereocenters. The van der Waals surface area contributed by atoms with Gasteiger partial charge in [0, 0.05) is 11.4 Å². The summed E-state index contributed by atoms with van der Waals surface area (Å²) in [7, 11) is -3.72. The summed E-state index contributed by atoms with van der Waals surface area (Å²) >= 11 is 11.5. The molecule has 0 aliphatic carbocycles. The molecule has 0 unspecified atom stereocenters. The highest BCUT2D eigenvalue weighted by Gasteiger charge is 2.23. The third-order valence-electron chi connectivity index (χ3n) is 2.24. The number of sulfone groups is 1. The van der Waals surface area contributed by atoms with E-state index in [-0.39, 0.29) is 32.7 Å². The van der Waals surface area contributed by atoms with Crippen LogP contribution in [0.2, 0.25) is 10.0 Å². The standard InChI is InChI=1S/C12H10Cl2O4S/c1-2-3-4-5-19(17,18)10-7-8(13)6-9(11(10)14)12(15)16/h6-7H,4-5H2,1H3,(H,15,16). The molecule has 0 saturated carbocycles. The van der Waals surface area contributed by atoms with E-state index in [2.05, 4.69) is 11.8 Å². The average molecular weight is 321 g/mol. The van der Waals surface area contributed by atoms with E-state index in [0.29, 0.717) is 0 Å². The minimum absolute atomic E-state index is 0.00181. The van der Waals surface area contributed by atoms with Gasteiger partial charge in [-0.1, -0.05) is 23.2 Å². The molecule has 0 spiro atoms. The van der Waals surface area contributed by atoms with E-state index in [0.717, 1.165) is 12.1 Å². The van der Waals surface area contributed by atoms with Crippen LogP contribution in [0.3, 0.4) is 0 Å². The zero-order chi connectivity index (χ0) is 14.6. The molecule has 0 aliphatic rings. The fourth-order valence-electron chi connectivity index (χ4n) is 1.37. The van der Waals surface area contributed by atoms with Gasteiger partial charge in [0.25, 0.3) is 0 Å². The van der Waals surface area contributed by atoms with E-state index in [1.807, 2.05) is 0 Å². The van der Waals surface area contributed by atoms with Crippen LogP contribution < -0.4 is 0 Å². The normalized spacial score (nSPS) is 10.7. The monoisotopic (exact) mass is 320 g/mol. The van der Waals surface area contributed by atoms with Gasteiger partial charge >= 0.3 is 5.97 Å². The summed E-state index contributed by atoms with van der Waals surface area (Å²) in [6.07, 6.45) is 0.143. The molecule has 0 aliphatic heterocycles. The highest BCUT2D eigenvalue weighted by Crippen LogP contribution is 2.30.